The highest BCUT2D eigenvalue weighted by Crippen LogP contribution is 2.32. The minimum Gasteiger partial charge on any atom is -0.338 e. The van der Waals surface area contributed by atoms with Crippen LogP contribution in [0.4, 0.5) is 22.4 Å². The van der Waals surface area contributed by atoms with Crippen LogP contribution >= 0.6 is 0 Å². The van der Waals surface area contributed by atoms with Crippen LogP contribution in [0.15, 0.2) is 48.5 Å². The summed E-state index contributed by atoms with van der Waals surface area (Å²) in [7, 11) is 0. The van der Waals surface area contributed by atoms with E-state index in [9.17, 15) is 27.2 Å². The van der Waals surface area contributed by atoms with Crippen LogP contribution in [-0.2, 0) is 12.6 Å². The molecule has 160 valence electrons. The van der Waals surface area contributed by atoms with Crippen molar-refractivity contribution in [3.05, 3.63) is 71.0 Å². The molecule has 2 aromatic carbocycles. The first-order chi connectivity index (χ1) is 14.3. The first kappa shape index (κ1) is 21.6. The van der Waals surface area contributed by atoms with Gasteiger partial charge in [-0.15, -0.1) is 0 Å². The molecule has 0 aliphatic carbocycles. The Kier molecular flexibility index (Phi) is 6.59. The van der Waals surface area contributed by atoms with E-state index in [1.807, 2.05) is 0 Å². The third-order valence-electron chi connectivity index (χ3n) is 4.92. The fraction of sp³-hybridized carbons (Fsp3) is 0.333. The number of amides is 3. The number of hydrogen-bond acceptors (Lipinski definition) is 2. The molecule has 30 heavy (non-hydrogen) atoms. The van der Waals surface area contributed by atoms with Crippen LogP contribution in [0.3, 0.4) is 0 Å². The summed E-state index contributed by atoms with van der Waals surface area (Å²) in [5, 5.41) is 2.76. The molecule has 0 atom stereocenters. The summed E-state index contributed by atoms with van der Waals surface area (Å²) in [4.78, 5) is 27.7. The number of carbonyl (C=O) groups is 2. The first-order valence-corrected chi connectivity index (χ1v) is 9.48. The van der Waals surface area contributed by atoms with Gasteiger partial charge < -0.3 is 15.1 Å². The van der Waals surface area contributed by atoms with Gasteiger partial charge in [0.25, 0.3) is 5.91 Å². The number of nitrogens with zero attached hydrogens (tertiary/aromatic N) is 2. The molecule has 0 spiro atoms. The number of halogens is 4. The molecule has 0 saturated carbocycles. The zero-order chi connectivity index (χ0) is 21.7. The second-order valence-electron chi connectivity index (χ2n) is 6.93. The Labute approximate surface area is 171 Å². The van der Waals surface area contributed by atoms with Gasteiger partial charge in [0.2, 0.25) is 0 Å². The summed E-state index contributed by atoms with van der Waals surface area (Å²) in [6.45, 7) is 1.11. The van der Waals surface area contributed by atoms with Gasteiger partial charge in [-0.2, -0.15) is 13.2 Å². The first-order valence-electron chi connectivity index (χ1n) is 9.48. The molecule has 1 aliphatic heterocycles. The Morgan fingerprint density at radius 2 is 1.50 bits per heavy atom. The van der Waals surface area contributed by atoms with E-state index in [0.717, 1.165) is 11.6 Å². The fourth-order valence-corrected chi connectivity index (χ4v) is 3.28. The van der Waals surface area contributed by atoms with Gasteiger partial charge in [-0.05, 0) is 36.2 Å². The minimum atomic E-state index is -4.61. The van der Waals surface area contributed by atoms with E-state index in [2.05, 4.69) is 5.32 Å². The van der Waals surface area contributed by atoms with Crippen molar-refractivity contribution < 1.29 is 27.2 Å². The van der Waals surface area contributed by atoms with Crippen LogP contribution in [-0.4, -0.2) is 54.5 Å². The van der Waals surface area contributed by atoms with Crippen molar-refractivity contribution in [1.82, 2.24) is 15.1 Å². The van der Waals surface area contributed by atoms with Crippen LogP contribution in [0.25, 0.3) is 0 Å². The highest BCUT2D eigenvalue weighted by atomic mass is 19.4. The van der Waals surface area contributed by atoms with Gasteiger partial charge in [0.1, 0.15) is 5.82 Å². The molecule has 9 heteroatoms. The third-order valence-corrected chi connectivity index (χ3v) is 4.92. The Balaban J connectivity index is 1.50. The number of alkyl halides is 3. The van der Waals surface area contributed by atoms with Crippen molar-refractivity contribution in [3.63, 3.8) is 0 Å². The van der Waals surface area contributed by atoms with Gasteiger partial charge in [-0.3, -0.25) is 4.79 Å². The second-order valence-corrected chi connectivity index (χ2v) is 6.93. The van der Waals surface area contributed by atoms with Crippen molar-refractivity contribution >= 4 is 11.9 Å². The normalized spacial score (nSPS) is 14.5. The lowest BCUT2D eigenvalue weighted by Crippen LogP contribution is -2.53. The van der Waals surface area contributed by atoms with E-state index < -0.39 is 17.6 Å². The average Bonchev–Trinajstić information content (AvgIpc) is 2.74. The van der Waals surface area contributed by atoms with Gasteiger partial charge in [-0.1, -0.05) is 24.3 Å². The van der Waals surface area contributed by atoms with Crippen molar-refractivity contribution in [2.75, 3.05) is 32.7 Å². The molecular weight excluding hydrogens is 402 g/mol. The minimum absolute atomic E-state index is 0.149. The third kappa shape index (κ3) is 5.28. The summed E-state index contributed by atoms with van der Waals surface area (Å²) in [5.74, 6) is -1.02. The number of rotatable bonds is 4. The lowest BCUT2D eigenvalue weighted by Gasteiger charge is -2.35. The van der Waals surface area contributed by atoms with Crippen molar-refractivity contribution in [2.24, 2.45) is 0 Å². The van der Waals surface area contributed by atoms with E-state index in [1.165, 1.54) is 40.1 Å². The predicted octanol–water partition coefficient (Wildman–Crippen LogP) is 3.55. The van der Waals surface area contributed by atoms with Crippen molar-refractivity contribution in [3.8, 4) is 0 Å². The van der Waals surface area contributed by atoms with Crippen LogP contribution in [0.2, 0.25) is 0 Å². The van der Waals surface area contributed by atoms with Gasteiger partial charge >= 0.3 is 12.2 Å². The molecule has 0 bridgehead atoms. The summed E-state index contributed by atoms with van der Waals surface area (Å²) >= 11 is 0. The maximum absolute atomic E-state index is 13.2. The Morgan fingerprint density at radius 3 is 2.13 bits per heavy atom. The van der Waals surface area contributed by atoms with Crippen LogP contribution in [0.5, 0.6) is 0 Å². The molecule has 1 aliphatic rings. The number of hydrogen-bond donors (Lipinski definition) is 1. The van der Waals surface area contributed by atoms with E-state index >= 15 is 0 Å². The molecule has 0 unspecified atom stereocenters. The molecule has 1 heterocycles. The molecule has 1 fully saturated rings. The number of nitrogens with one attached hydrogen (secondary N) is 1. The molecule has 3 rings (SSSR count). The monoisotopic (exact) mass is 423 g/mol. The topological polar surface area (TPSA) is 52.7 Å². The van der Waals surface area contributed by atoms with Crippen molar-refractivity contribution in [1.29, 1.82) is 0 Å². The fourth-order valence-electron chi connectivity index (χ4n) is 3.28. The molecular formula is C21H21F4N3O2. The lowest BCUT2D eigenvalue weighted by molar-refractivity contribution is -0.138. The average molecular weight is 423 g/mol. The Morgan fingerprint density at radius 1 is 0.900 bits per heavy atom. The summed E-state index contributed by atoms with van der Waals surface area (Å²) in [6.07, 6.45) is -4.07. The zero-order valence-electron chi connectivity index (χ0n) is 16.1. The molecule has 5 nitrogen and oxygen atoms in total. The predicted molar refractivity (Wildman–Crippen MR) is 102 cm³/mol. The highest BCUT2D eigenvalue weighted by Gasteiger charge is 2.36. The van der Waals surface area contributed by atoms with E-state index in [4.69, 9.17) is 0 Å². The summed E-state index contributed by atoms with van der Waals surface area (Å²) < 4.78 is 52.4. The quantitative estimate of drug-likeness (QED) is 0.765. The zero-order valence-corrected chi connectivity index (χ0v) is 16.1. The smallest absolute Gasteiger partial charge is 0.338 e. The van der Waals surface area contributed by atoms with E-state index in [1.54, 1.807) is 12.1 Å². The van der Waals surface area contributed by atoms with Crippen LogP contribution in [0.1, 0.15) is 21.5 Å². The summed E-state index contributed by atoms with van der Waals surface area (Å²) in [5.41, 5.74) is -0.464. The molecule has 1 saturated heterocycles. The Bertz CT molecular complexity index is 892. The van der Waals surface area contributed by atoms with Crippen LogP contribution < -0.4 is 5.32 Å². The maximum atomic E-state index is 13.2. The Hall–Kier alpha value is -3.10. The maximum Gasteiger partial charge on any atom is 0.417 e. The highest BCUT2D eigenvalue weighted by molar-refractivity contribution is 5.96. The SMILES string of the molecule is O=C(NCCc1ccc(F)cc1)N1CCN(C(=O)c2ccccc2C(F)(F)F)CC1. The van der Waals surface area contributed by atoms with E-state index in [0.29, 0.717) is 13.0 Å². The number of urea groups is 1. The van der Waals surface area contributed by atoms with Gasteiger partial charge in [0.15, 0.2) is 0 Å². The van der Waals surface area contributed by atoms with Crippen LogP contribution in [0, 0.1) is 5.82 Å². The second kappa shape index (κ2) is 9.15. The lowest BCUT2D eigenvalue weighted by atomic mass is 10.1. The molecule has 3 amide bonds. The number of benzene rings is 2. The molecule has 1 N–H and O–H groups in total. The summed E-state index contributed by atoms with van der Waals surface area (Å²) in [6, 6.07) is 10.4. The van der Waals surface area contributed by atoms with Gasteiger partial charge in [0.05, 0.1) is 11.1 Å². The standard InChI is InChI=1S/C21H21F4N3O2/c22-16-7-5-15(6-8-16)9-10-26-20(30)28-13-11-27(12-14-28)19(29)17-3-1-2-4-18(17)21(23,24)25/h1-8H,9-14H2,(H,26,30). The number of carbonyl (C=O) groups excluding carboxylic acids is 2. The molecule has 0 aromatic heterocycles. The number of piperazine rings is 1. The van der Waals surface area contributed by atoms with Crippen molar-refractivity contribution in [2.45, 2.75) is 12.6 Å². The largest absolute Gasteiger partial charge is 0.417 e. The van der Waals surface area contributed by atoms with E-state index in [-0.39, 0.29) is 43.6 Å². The van der Waals surface area contributed by atoms with Gasteiger partial charge in [0, 0.05) is 32.7 Å². The molecule has 2 aromatic rings. The molecule has 0 radical (unpaired) electrons. The van der Waals surface area contributed by atoms with Gasteiger partial charge in [-0.25, -0.2) is 9.18 Å².